The highest BCUT2D eigenvalue weighted by Crippen LogP contribution is 2.85. The van der Waals surface area contributed by atoms with E-state index in [-0.39, 0.29) is 68.3 Å². The fourth-order valence-electron chi connectivity index (χ4n) is 12.1. The van der Waals surface area contributed by atoms with E-state index in [4.69, 9.17) is 33.2 Å². The summed E-state index contributed by atoms with van der Waals surface area (Å²) in [5.41, 5.74) is -1.07. The van der Waals surface area contributed by atoms with Crippen LogP contribution in [-0.2, 0) is 59.5 Å². The predicted octanol–water partition coefficient (Wildman–Crippen LogP) is 5.78. The number of hydrogen-bond donors (Lipinski definition) is 1. The Labute approximate surface area is 360 Å². The zero-order chi connectivity index (χ0) is 44.3. The van der Waals surface area contributed by atoms with Gasteiger partial charge in [0.05, 0.1) is 17.6 Å². The van der Waals surface area contributed by atoms with Crippen molar-refractivity contribution in [3.05, 3.63) is 23.3 Å². The number of piperidine rings is 1. The summed E-state index contributed by atoms with van der Waals surface area (Å²) in [7, 11) is 1.77. The van der Waals surface area contributed by atoms with Gasteiger partial charge in [-0.3, -0.25) is 28.9 Å². The van der Waals surface area contributed by atoms with Gasteiger partial charge in [0.2, 0.25) is 0 Å². The summed E-state index contributed by atoms with van der Waals surface area (Å²) < 4.78 is 40.7. The molecule has 1 saturated heterocycles. The van der Waals surface area contributed by atoms with Crippen molar-refractivity contribution in [1.29, 1.82) is 0 Å². The topological polar surface area (TPSA) is 173 Å². The molecule has 2 heterocycles. The van der Waals surface area contributed by atoms with Crippen LogP contribution in [0.15, 0.2) is 12.1 Å². The van der Waals surface area contributed by atoms with E-state index in [1.165, 1.54) is 37.8 Å². The summed E-state index contributed by atoms with van der Waals surface area (Å²) in [6, 6.07) is 4.29. The Morgan fingerprint density at radius 2 is 1.64 bits per heavy atom. The van der Waals surface area contributed by atoms with Crippen LogP contribution < -0.4 is 9.47 Å². The Kier molecular flexibility index (Phi) is 12.2. The molecule has 14 nitrogen and oxygen atoms in total. The number of esters is 5. The lowest BCUT2D eigenvalue weighted by Crippen LogP contribution is -2.76. The summed E-state index contributed by atoms with van der Waals surface area (Å²) in [6.07, 6.45) is 5.84. The molecule has 2 aliphatic heterocycles. The first kappa shape index (κ1) is 45.3. The van der Waals surface area contributed by atoms with Crippen LogP contribution in [0.25, 0.3) is 0 Å². The summed E-state index contributed by atoms with van der Waals surface area (Å²) in [5, 5.41) is 12.6. The van der Waals surface area contributed by atoms with Gasteiger partial charge in [-0.05, 0) is 87.3 Å². The quantitative estimate of drug-likeness (QED) is 0.0768. The van der Waals surface area contributed by atoms with Crippen LogP contribution in [0.2, 0.25) is 0 Å². The first-order chi connectivity index (χ1) is 28.7. The van der Waals surface area contributed by atoms with E-state index in [2.05, 4.69) is 38.7 Å². The number of benzene rings is 1. The maximum absolute atomic E-state index is 13.5. The number of rotatable bonds is 19. The number of methoxy groups -OCH3 is 1. The standard InChI is InChI=1S/C47H67NO13/c1-10-44-23-35(43(8,54)42(5,6)7)46(55-9)27-47(46)45(44)17-18-48(24-31-13-14-31)36(44)22-32-15-16-34(41(61-47)40(32)45)60-37(51)12-11-19-56-38(52)20-28(2)21-39(53)59-33(25-57-29(3)49)26-58-30(4)50/h15-16,28,31,33,35-36,54H,10-14,17-27H2,1-9H3/t28?,35-,36?,43+,44-,45-,46-,47+/m1/s1. The fraction of sp³-hybridized carbons (Fsp3) is 0.766. The molecular weight excluding hydrogens is 787 g/mol. The second-order valence-electron chi connectivity index (χ2n) is 20.1. The highest BCUT2D eigenvalue weighted by Gasteiger charge is 2.94. The first-order valence-electron chi connectivity index (χ1n) is 22.4. The predicted molar refractivity (Wildman–Crippen MR) is 221 cm³/mol. The molecule has 2 spiro atoms. The molecule has 1 N–H and O–H groups in total. The van der Waals surface area contributed by atoms with Gasteiger partial charge in [-0.15, -0.1) is 0 Å². The second kappa shape index (κ2) is 16.4. The van der Waals surface area contributed by atoms with Crippen molar-refractivity contribution in [3.8, 4) is 11.5 Å². The summed E-state index contributed by atoms with van der Waals surface area (Å²) in [6.45, 7) is 16.3. The molecule has 4 aliphatic carbocycles. The summed E-state index contributed by atoms with van der Waals surface area (Å²) in [4.78, 5) is 63.9. The van der Waals surface area contributed by atoms with Crippen LogP contribution in [0.3, 0.4) is 0 Å². The van der Waals surface area contributed by atoms with Gasteiger partial charge < -0.3 is 38.3 Å². The zero-order valence-electron chi connectivity index (χ0n) is 37.6. The third kappa shape index (κ3) is 7.64. The maximum atomic E-state index is 13.5. The Balaban J connectivity index is 1.01. The van der Waals surface area contributed by atoms with Crippen molar-refractivity contribution in [3.63, 3.8) is 0 Å². The molecule has 7 rings (SSSR count). The minimum atomic E-state index is -1.06. The van der Waals surface area contributed by atoms with E-state index in [1.807, 2.05) is 13.0 Å². The van der Waals surface area contributed by atoms with Gasteiger partial charge in [0.1, 0.15) is 18.8 Å². The van der Waals surface area contributed by atoms with Crippen LogP contribution in [0, 0.1) is 28.6 Å². The van der Waals surface area contributed by atoms with Crippen LogP contribution in [-0.4, -0.2) is 109 Å². The van der Waals surface area contributed by atoms with Gasteiger partial charge in [0, 0.05) is 76.1 Å². The Bertz CT molecular complexity index is 1880. The molecule has 61 heavy (non-hydrogen) atoms. The van der Waals surface area contributed by atoms with E-state index >= 15 is 0 Å². The van der Waals surface area contributed by atoms with Crippen LogP contribution in [0.5, 0.6) is 11.5 Å². The lowest BCUT2D eigenvalue weighted by atomic mass is 9.39. The van der Waals surface area contributed by atoms with Crippen molar-refractivity contribution >= 4 is 29.8 Å². The lowest BCUT2D eigenvalue weighted by molar-refractivity contribution is -0.237. The molecule has 0 radical (unpaired) electrons. The smallest absolute Gasteiger partial charge is 0.311 e. The molecule has 3 saturated carbocycles. The molecule has 338 valence electrons. The number of nitrogens with zero attached hydrogens (tertiary/aromatic N) is 1. The molecule has 1 aromatic rings. The molecule has 0 aromatic heterocycles. The van der Waals surface area contributed by atoms with Crippen LogP contribution >= 0.6 is 0 Å². The van der Waals surface area contributed by atoms with E-state index < -0.39 is 64.1 Å². The molecule has 1 aromatic carbocycles. The maximum Gasteiger partial charge on any atom is 0.311 e. The van der Waals surface area contributed by atoms with Crippen molar-refractivity contribution < 1.29 is 62.2 Å². The summed E-state index contributed by atoms with van der Waals surface area (Å²) in [5.74, 6) is -1.64. The van der Waals surface area contributed by atoms with Crippen molar-refractivity contribution in [1.82, 2.24) is 4.90 Å². The number of ether oxygens (including phenoxy) is 7. The zero-order valence-corrected chi connectivity index (χ0v) is 37.6. The Morgan fingerprint density at radius 3 is 2.25 bits per heavy atom. The third-order valence-electron chi connectivity index (χ3n) is 15.6. The number of carbonyl (C=O) groups excluding carboxylic acids is 5. The highest BCUT2D eigenvalue weighted by atomic mass is 16.6. The second-order valence-corrected chi connectivity index (χ2v) is 20.1. The lowest BCUT2D eigenvalue weighted by Gasteiger charge is -2.69. The van der Waals surface area contributed by atoms with Crippen molar-refractivity contribution in [2.24, 2.45) is 28.6 Å². The Morgan fingerprint density at radius 1 is 0.967 bits per heavy atom. The number of aliphatic hydroxyl groups is 1. The summed E-state index contributed by atoms with van der Waals surface area (Å²) >= 11 is 0. The minimum absolute atomic E-state index is 0.00363. The fourth-order valence-corrected chi connectivity index (χ4v) is 12.1. The van der Waals surface area contributed by atoms with Crippen LogP contribution in [0.4, 0.5) is 0 Å². The average molecular weight is 854 g/mol. The molecule has 14 heteroatoms. The van der Waals surface area contributed by atoms with Gasteiger partial charge in [-0.2, -0.15) is 0 Å². The SMILES string of the molecule is CC[C@]12C[C@H]([C@](C)(O)C(C)(C)C)[C@]3(OC)C[C@@]34Oc3c(OC(=O)CCCOC(=O)CC(C)CC(=O)OC(COC(C)=O)COC(C)=O)ccc5c3[C@]14CCN(CC1CC1)C2C5. The molecule has 8 atom stereocenters. The molecular formula is C47H67NO13. The monoisotopic (exact) mass is 853 g/mol. The van der Waals surface area contributed by atoms with Gasteiger partial charge in [0.15, 0.2) is 23.2 Å². The number of carbonyl (C=O) groups is 5. The Hall–Kier alpha value is -3.75. The molecule has 4 fully saturated rings. The molecule has 2 unspecified atom stereocenters. The number of hydrogen-bond acceptors (Lipinski definition) is 14. The van der Waals surface area contributed by atoms with Crippen LogP contribution in [0.1, 0.15) is 131 Å². The molecule has 2 bridgehead atoms. The van der Waals surface area contributed by atoms with Gasteiger partial charge in [0.25, 0.3) is 0 Å². The van der Waals surface area contributed by atoms with E-state index in [1.54, 1.807) is 14.0 Å². The highest BCUT2D eigenvalue weighted by molar-refractivity contribution is 5.76. The van der Waals surface area contributed by atoms with E-state index in [0.29, 0.717) is 17.9 Å². The van der Waals surface area contributed by atoms with E-state index in [9.17, 15) is 29.1 Å². The molecule has 6 aliphatic rings. The molecule has 0 amide bonds. The van der Waals surface area contributed by atoms with Gasteiger partial charge in [-0.25, -0.2) is 0 Å². The van der Waals surface area contributed by atoms with Gasteiger partial charge in [-0.1, -0.05) is 40.7 Å². The first-order valence-corrected chi connectivity index (χ1v) is 22.4. The minimum Gasteiger partial charge on any atom is -0.479 e. The third-order valence-corrected chi connectivity index (χ3v) is 15.6. The van der Waals surface area contributed by atoms with Crippen molar-refractivity contribution in [2.45, 2.75) is 160 Å². The number of likely N-dealkylation sites (tertiary alicyclic amines) is 1. The average Bonchev–Trinajstić information content (AvgIpc) is 4.09. The normalized spacial score (nSPS) is 30.8. The largest absolute Gasteiger partial charge is 0.479 e. The van der Waals surface area contributed by atoms with Crippen molar-refractivity contribution in [2.75, 3.05) is 40.0 Å². The van der Waals surface area contributed by atoms with E-state index in [0.717, 1.165) is 44.7 Å². The van der Waals surface area contributed by atoms with Gasteiger partial charge >= 0.3 is 29.8 Å².